The van der Waals surface area contributed by atoms with Crippen LogP contribution in [0.4, 0.5) is 9.59 Å². The monoisotopic (exact) mass is 294 g/mol. The lowest BCUT2D eigenvalue weighted by atomic mass is 9.87. The van der Waals surface area contributed by atoms with E-state index in [0.717, 1.165) is 15.4 Å². The first-order chi connectivity index (χ1) is 9.98. The molecule has 1 heterocycles. The number of hydrogen-bond acceptors (Lipinski definition) is 3. The average molecular weight is 294 g/mol. The molecule has 3 N–H and O–H groups in total. The minimum absolute atomic E-state index is 0.0416. The third-order valence-electron chi connectivity index (χ3n) is 3.82. The molecule has 1 aliphatic rings. The summed E-state index contributed by atoms with van der Waals surface area (Å²) in [6, 6.07) is 9.15. The molecule has 1 aliphatic heterocycles. The summed E-state index contributed by atoms with van der Waals surface area (Å²) >= 11 is 0. The van der Waals surface area contributed by atoms with Crippen molar-refractivity contribution in [3.8, 4) is 0 Å². The van der Waals surface area contributed by atoms with Crippen LogP contribution >= 0.6 is 0 Å². The zero-order valence-electron chi connectivity index (χ0n) is 11.5. The van der Waals surface area contributed by atoms with E-state index in [-0.39, 0.29) is 26.1 Å². The van der Waals surface area contributed by atoms with Gasteiger partial charge in [0.1, 0.15) is 0 Å². The predicted octanol–water partition coefficient (Wildman–Crippen LogP) is 0.934. The number of aliphatic hydroxyl groups excluding tert-OH is 1. The van der Waals surface area contributed by atoms with Crippen LogP contribution in [0.5, 0.6) is 0 Å². The molecular weight excluding hydrogens is 276 g/mol. The molecule has 2 rings (SSSR count). The van der Waals surface area contributed by atoms with E-state index in [0.29, 0.717) is 0 Å². The number of rotatable bonds is 3. The fourth-order valence-electron chi connectivity index (χ4n) is 2.76. The first kappa shape index (κ1) is 15.1. The second kappa shape index (κ2) is 6.01. The minimum Gasteiger partial charge on any atom is -0.465 e. The van der Waals surface area contributed by atoms with Crippen LogP contribution in [0.3, 0.4) is 0 Å². The van der Waals surface area contributed by atoms with Gasteiger partial charge in [0.15, 0.2) is 0 Å². The van der Waals surface area contributed by atoms with Gasteiger partial charge < -0.3 is 20.2 Å². The number of carbonyl (C=O) groups is 2. The highest BCUT2D eigenvalue weighted by Crippen LogP contribution is 2.26. The zero-order chi connectivity index (χ0) is 15.5. The Balaban J connectivity index is 2.32. The Morgan fingerprint density at radius 1 is 1.10 bits per heavy atom. The SMILES string of the molecule is O=C(O)N1CCN(C(=O)O)C(CO)(Cc2ccccc2)C1. The molecule has 7 nitrogen and oxygen atoms in total. The van der Waals surface area contributed by atoms with E-state index in [1.54, 1.807) is 0 Å². The molecule has 1 aromatic carbocycles. The molecule has 7 heteroatoms. The molecule has 1 aromatic rings. The first-order valence-corrected chi connectivity index (χ1v) is 6.62. The Bertz CT molecular complexity index is 521. The molecule has 1 atom stereocenters. The minimum atomic E-state index is -1.15. The smallest absolute Gasteiger partial charge is 0.407 e. The summed E-state index contributed by atoms with van der Waals surface area (Å²) in [6.45, 7) is -0.314. The summed E-state index contributed by atoms with van der Waals surface area (Å²) in [5, 5.41) is 28.3. The molecule has 1 saturated heterocycles. The lowest BCUT2D eigenvalue weighted by molar-refractivity contribution is -0.0200. The van der Waals surface area contributed by atoms with Crippen LogP contribution in [-0.2, 0) is 6.42 Å². The topological polar surface area (TPSA) is 101 Å². The first-order valence-electron chi connectivity index (χ1n) is 6.62. The van der Waals surface area contributed by atoms with Gasteiger partial charge >= 0.3 is 12.2 Å². The molecule has 2 amide bonds. The molecule has 21 heavy (non-hydrogen) atoms. The molecule has 0 spiro atoms. The van der Waals surface area contributed by atoms with Gasteiger partial charge in [-0.15, -0.1) is 0 Å². The Kier molecular flexibility index (Phi) is 4.32. The van der Waals surface area contributed by atoms with Crippen molar-refractivity contribution < 1.29 is 24.9 Å². The van der Waals surface area contributed by atoms with Gasteiger partial charge in [0.05, 0.1) is 18.7 Å². The van der Waals surface area contributed by atoms with Crippen molar-refractivity contribution in [2.75, 3.05) is 26.2 Å². The molecule has 0 bridgehead atoms. The summed E-state index contributed by atoms with van der Waals surface area (Å²) in [5.41, 5.74) is -0.297. The summed E-state index contributed by atoms with van der Waals surface area (Å²) in [7, 11) is 0. The normalized spacial score (nSPS) is 22.1. The van der Waals surface area contributed by atoms with Crippen molar-refractivity contribution in [2.24, 2.45) is 0 Å². The van der Waals surface area contributed by atoms with Crippen LogP contribution in [0.2, 0.25) is 0 Å². The number of hydrogen-bond donors (Lipinski definition) is 3. The van der Waals surface area contributed by atoms with Crippen LogP contribution in [-0.4, -0.2) is 69.1 Å². The van der Waals surface area contributed by atoms with Gasteiger partial charge in [-0.3, -0.25) is 4.90 Å². The lowest BCUT2D eigenvalue weighted by Gasteiger charge is -2.48. The highest BCUT2D eigenvalue weighted by molar-refractivity contribution is 5.69. The second-order valence-electron chi connectivity index (χ2n) is 5.18. The van der Waals surface area contributed by atoms with Crippen LogP contribution < -0.4 is 0 Å². The van der Waals surface area contributed by atoms with E-state index in [1.807, 2.05) is 30.3 Å². The molecule has 114 valence electrons. The van der Waals surface area contributed by atoms with Gasteiger partial charge in [0, 0.05) is 13.1 Å². The van der Waals surface area contributed by atoms with Crippen molar-refractivity contribution in [1.29, 1.82) is 0 Å². The van der Waals surface area contributed by atoms with E-state index in [1.165, 1.54) is 0 Å². The average Bonchev–Trinajstić information content (AvgIpc) is 2.47. The molecule has 0 saturated carbocycles. The largest absolute Gasteiger partial charge is 0.465 e. The van der Waals surface area contributed by atoms with Gasteiger partial charge in [-0.25, -0.2) is 9.59 Å². The lowest BCUT2D eigenvalue weighted by Crippen LogP contribution is -2.67. The van der Waals surface area contributed by atoms with Crippen molar-refractivity contribution in [2.45, 2.75) is 12.0 Å². The standard InChI is InChI=1S/C14H18N2O5/c17-10-14(8-11-4-2-1-3-5-11)9-15(12(18)19)6-7-16(14)13(20)21/h1-5,17H,6-10H2,(H,18,19)(H,20,21). The van der Waals surface area contributed by atoms with Gasteiger partial charge in [-0.1, -0.05) is 30.3 Å². The number of nitrogens with zero attached hydrogens (tertiary/aromatic N) is 2. The highest BCUT2D eigenvalue weighted by atomic mass is 16.4. The van der Waals surface area contributed by atoms with E-state index in [2.05, 4.69) is 0 Å². The Morgan fingerprint density at radius 2 is 1.76 bits per heavy atom. The predicted molar refractivity (Wildman–Crippen MR) is 74.3 cm³/mol. The molecule has 0 aromatic heterocycles. The van der Waals surface area contributed by atoms with Crippen LogP contribution in [0, 0.1) is 0 Å². The number of carboxylic acid groups (broad SMARTS) is 2. The third-order valence-corrected chi connectivity index (χ3v) is 3.82. The maximum atomic E-state index is 11.4. The summed E-state index contributed by atoms with van der Waals surface area (Å²) in [6.07, 6.45) is -1.99. The highest BCUT2D eigenvalue weighted by Gasteiger charge is 2.45. The van der Waals surface area contributed by atoms with Crippen molar-refractivity contribution in [3.05, 3.63) is 35.9 Å². The van der Waals surface area contributed by atoms with Gasteiger partial charge in [-0.05, 0) is 12.0 Å². The van der Waals surface area contributed by atoms with Gasteiger partial charge in [0.25, 0.3) is 0 Å². The van der Waals surface area contributed by atoms with Crippen molar-refractivity contribution >= 4 is 12.2 Å². The molecule has 0 aliphatic carbocycles. The van der Waals surface area contributed by atoms with E-state index >= 15 is 0 Å². The van der Waals surface area contributed by atoms with Crippen LogP contribution in [0.25, 0.3) is 0 Å². The quantitative estimate of drug-likeness (QED) is 0.770. The molecule has 1 fully saturated rings. The van der Waals surface area contributed by atoms with Crippen molar-refractivity contribution in [3.63, 3.8) is 0 Å². The fourth-order valence-corrected chi connectivity index (χ4v) is 2.76. The molecule has 1 unspecified atom stereocenters. The van der Waals surface area contributed by atoms with Crippen LogP contribution in [0.1, 0.15) is 5.56 Å². The molecule has 0 radical (unpaired) electrons. The van der Waals surface area contributed by atoms with E-state index in [9.17, 15) is 19.8 Å². The third kappa shape index (κ3) is 3.08. The van der Waals surface area contributed by atoms with E-state index in [4.69, 9.17) is 5.11 Å². The Hall–Kier alpha value is -2.28. The van der Waals surface area contributed by atoms with Gasteiger partial charge in [0.2, 0.25) is 0 Å². The summed E-state index contributed by atoms with van der Waals surface area (Å²) < 4.78 is 0. The summed E-state index contributed by atoms with van der Waals surface area (Å²) in [5.74, 6) is 0. The number of benzene rings is 1. The number of amides is 2. The second-order valence-corrected chi connectivity index (χ2v) is 5.18. The zero-order valence-corrected chi connectivity index (χ0v) is 11.5. The number of piperazine rings is 1. The maximum Gasteiger partial charge on any atom is 0.407 e. The van der Waals surface area contributed by atoms with Crippen LogP contribution in [0.15, 0.2) is 30.3 Å². The van der Waals surface area contributed by atoms with E-state index < -0.39 is 24.3 Å². The Labute approximate surface area is 122 Å². The molecular formula is C14H18N2O5. The van der Waals surface area contributed by atoms with Crippen molar-refractivity contribution in [1.82, 2.24) is 9.80 Å². The number of aliphatic hydroxyl groups is 1. The summed E-state index contributed by atoms with van der Waals surface area (Å²) in [4.78, 5) is 24.9. The fraction of sp³-hybridized carbons (Fsp3) is 0.429. The maximum absolute atomic E-state index is 11.4. The Morgan fingerprint density at radius 3 is 2.29 bits per heavy atom. The van der Waals surface area contributed by atoms with Gasteiger partial charge in [-0.2, -0.15) is 0 Å².